The first-order valence-electron chi connectivity index (χ1n) is 8.82. The highest BCUT2D eigenvalue weighted by atomic mass is 19.1. The van der Waals surface area contributed by atoms with Crippen LogP contribution >= 0.6 is 0 Å². The molecule has 0 spiro atoms. The molecule has 0 unspecified atom stereocenters. The van der Waals surface area contributed by atoms with Crippen molar-refractivity contribution in [3.8, 4) is 5.75 Å². The van der Waals surface area contributed by atoms with Gasteiger partial charge in [-0.25, -0.2) is 9.38 Å². The molecule has 0 aliphatic heterocycles. The highest BCUT2D eigenvalue weighted by Crippen LogP contribution is 2.22. The van der Waals surface area contributed by atoms with E-state index < -0.39 is 5.82 Å². The molecule has 0 aliphatic carbocycles. The van der Waals surface area contributed by atoms with Gasteiger partial charge in [0.25, 0.3) is 0 Å². The zero-order chi connectivity index (χ0) is 19.9. The summed E-state index contributed by atoms with van der Waals surface area (Å²) in [6, 6.07) is 14.3. The largest absolute Gasteiger partial charge is 0.484 e. The fourth-order valence-electron chi connectivity index (χ4n) is 2.74. The summed E-state index contributed by atoms with van der Waals surface area (Å²) in [5, 5.41) is 5.11. The topological polar surface area (TPSA) is 51.4 Å². The van der Waals surface area contributed by atoms with E-state index in [4.69, 9.17) is 9.57 Å². The molecule has 0 saturated carbocycles. The van der Waals surface area contributed by atoms with Crippen LogP contribution in [0.1, 0.15) is 0 Å². The third-order valence-electron chi connectivity index (χ3n) is 4.00. The van der Waals surface area contributed by atoms with Gasteiger partial charge < -0.3 is 19.0 Å². The van der Waals surface area contributed by atoms with Gasteiger partial charge in [-0.15, -0.1) is 0 Å². The minimum absolute atomic E-state index is 0.125. The molecule has 0 amide bonds. The molecule has 0 bridgehead atoms. The zero-order valence-corrected chi connectivity index (χ0v) is 16.2. The molecular weight excluding hydrogens is 359 g/mol. The van der Waals surface area contributed by atoms with Crippen LogP contribution < -0.4 is 4.74 Å². The third-order valence-corrected chi connectivity index (χ3v) is 4.00. The van der Waals surface area contributed by atoms with Gasteiger partial charge in [0.2, 0.25) is 0 Å². The molecular formula is C21H23FN4O2. The van der Waals surface area contributed by atoms with Gasteiger partial charge in [0.15, 0.2) is 11.6 Å². The number of para-hydroxylation sites is 1. The molecule has 146 valence electrons. The Bertz CT molecular complexity index is 995. The summed E-state index contributed by atoms with van der Waals surface area (Å²) in [5.41, 5.74) is 2.56. The van der Waals surface area contributed by atoms with Crippen molar-refractivity contribution in [1.82, 2.24) is 9.47 Å². The summed E-state index contributed by atoms with van der Waals surface area (Å²) in [5.74, 6) is -0.219. The van der Waals surface area contributed by atoms with Crippen LogP contribution in [0.2, 0.25) is 0 Å². The van der Waals surface area contributed by atoms with Crippen molar-refractivity contribution in [1.29, 1.82) is 0 Å². The SMILES string of the molecule is CO/N=C(\COc1ccccc1F)Cn1ccc2cc(/N=C\N(C)C)ccc21. The van der Waals surface area contributed by atoms with Crippen LogP contribution in [0, 0.1) is 5.82 Å². The molecule has 0 N–H and O–H groups in total. The molecule has 0 fully saturated rings. The van der Waals surface area contributed by atoms with Crippen molar-refractivity contribution in [3.05, 3.63) is 60.5 Å². The van der Waals surface area contributed by atoms with Crippen LogP contribution in [-0.4, -0.2) is 49.3 Å². The van der Waals surface area contributed by atoms with Gasteiger partial charge in [0.1, 0.15) is 19.4 Å². The second-order valence-electron chi connectivity index (χ2n) is 6.45. The second kappa shape index (κ2) is 9.03. The average Bonchev–Trinajstić information content (AvgIpc) is 3.08. The molecule has 0 atom stereocenters. The first-order valence-corrected chi connectivity index (χ1v) is 8.82. The molecule has 0 radical (unpaired) electrons. The van der Waals surface area contributed by atoms with Crippen LogP contribution in [0.25, 0.3) is 10.9 Å². The van der Waals surface area contributed by atoms with Gasteiger partial charge in [-0.3, -0.25) is 0 Å². The molecule has 28 heavy (non-hydrogen) atoms. The Morgan fingerprint density at radius 3 is 2.75 bits per heavy atom. The number of oxime groups is 1. The molecule has 0 aliphatic rings. The van der Waals surface area contributed by atoms with E-state index in [0.29, 0.717) is 12.3 Å². The monoisotopic (exact) mass is 382 g/mol. The van der Waals surface area contributed by atoms with Crippen LogP contribution in [0.15, 0.2) is 64.9 Å². The Morgan fingerprint density at radius 1 is 1.18 bits per heavy atom. The number of ether oxygens (including phenoxy) is 1. The Morgan fingerprint density at radius 2 is 2.00 bits per heavy atom. The van der Waals surface area contributed by atoms with Gasteiger partial charge in [-0.05, 0) is 36.4 Å². The standard InChI is InChI=1S/C21H23FN4O2/c1-25(2)15-23-17-8-9-20-16(12-17)10-11-26(20)13-18(24-27-3)14-28-21-7-5-4-6-19(21)22/h4-12,15H,13-14H2,1-3H3/b23-15-,24-18-. The molecule has 7 heteroatoms. The van der Waals surface area contributed by atoms with Gasteiger partial charge in [0.05, 0.1) is 18.6 Å². The van der Waals surface area contributed by atoms with Gasteiger partial charge >= 0.3 is 0 Å². The van der Waals surface area contributed by atoms with Crippen molar-refractivity contribution in [3.63, 3.8) is 0 Å². The quantitative estimate of drug-likeness (QED) is 0.335. The van der Waals surface area contributed by atoms with Gasteiger partial charge in [0, 0.05) is 31.2 Å². The van der Waals surface area contributed by atoms with Crippen LogP contribution in [0.5, 0.6) is 5.75 Å². The molecule has 3 aromatic rings. The maximum absolute atomic E-state index is 13.7. The van der Waals surface area contributed by atoms with Crippen molar-refractivity contribution in [2.24, 2.45) is 10.1 Å². The van der Waals surface area contributed by atoms with Crippen molar-refractivity contribution < 1.29 is 14.0 Å². The predicted molar refractivity (Wildman–Crippen MR) is 110 cm³/mol. The zero-order valence-electron chi connectivity index (χ0n) is 16.2. The van der Waals surface area contributed by atoms with E-state index in [9.17, 15) is 4.39 Å². The Labute approximate surface area is 163 Å². The lowest BCUT2D eigenvalue weighted by atomic mass is 10.2. The molecule has 0 saturated heterocycles. The lowest BCUT2D eigenvalue weighted by Crippen LogP contribution is -2.18. The van der Waals surface area contributed by atoms with E-state index in [-0.39, 0.29) is 12.4 Å². The fraction of sp³-hybridized carbons (Fsp3) is 0.238. The summed E-state index contributed by atoms with van der Waals surface area (Å²) in [4.78, 5) is 11.2. The molecule has 2 aromatic carbocycles. The fourth-order valence-corrected chi connectivity index (χ4v) is 2.74. The summed E-state index contributed by atoms with van der Waals surface area (Å²) in [6.45, 7) is 0.589. The van der Waals surface area contributed by atoms with Crippen molar-refractivity contribution in [2.75, 3.05) is 27.8 Å². The maximum Gasteiger partial charge on any atom is 0.165 e. The normalized spacial score (nSPS) is 11.9. The lowest BCUT2D eigenvalue weighted by molar-refractivity contribution is 0.208. The lowest BCUT2D eigenvalue weighted by Gasteiger charge is -2.11. The van der Waals surface area contributed by atoms with E-state index in [1.54, 1.807) is 24.5 Å². The van der Waals surface area contributed by atoms with Crippen LogP contribution in [0.4, 0.5) is 10.1 Å². The third kappa shape index (κ3) is 4.88. The summed E-state index contributed by atoms with van der Waals surface area (Å²) in [7, 11) is 5.34. The Hall–Kier alpha value is -3.35. The van der Waals surface area contributed by atoms with E-state index >= 15 is 0 Å². The minimum atomic E-state index is -0.406. The smallest absolute Gasteiger partial charge is 0.165 e. The molecule has 3 rings (SSSR count). The number of rotatable bonds is 8. The second-order valence-corrected chi connectivity index (χ2v) is 6.45. The number of aliphatic imine (C=N–C) groups is 1. The molecule has 6 nitrogen and oxygen atoms in total. The van der Waals surface area contributed by atoms with Crippen molar-refractivity contribution >= 4 is 28.6 Å². The number of aromatic nitrogens is 1. The highest BCUT2D eigenvalue weighted by molar-refractivity contribution is 5.89. The predicted octanol–water partition coefficient (Wildman–Crippen LogP) is 4.08. The maximum atomic E-state index is 13.7. The molecule has 1 heterocycles. The summed E-state index contributed by atoms with van der Waals surface area (Å²) in [6.07, 6.45) is 3.74. The van der Waals surface area contributed by atoms with E-state index in [1.165, 1.54) is 13.2 Å². The van der Waals surface area contributed by atoms with Gasteiger partial charge in [-0.1, -0.05) is 17.3 Å². The Balaban J connectivity index is 1.75. The van der Waals surface area contributed by atoms with E-state index in [1.807, 2.05) is 54.0 Å². The van der Waals surface area contributed by atoms with E-state index in [2.05, 4.69) is 10.1 Å². The number of benzene rings is 2. The number of halogens is 1. The van der Waals surface area contributed by atoms with Crippen molar-refractivity contribution in [2.45, 2.75) is 6.54 Å². The van der Waals surface area contributed by atoms with Gasteiger partial charge in [-0.2, -0.15) is 0 Å². The minimum Gasteiger partial charge on any atom is -0.484 e. The summed E-state index contributed by atoms with van der Waals surface area (Å²) >= 11 is 0. The molecule has 1 aromatic heterocycles. The summed E-state index contributed by atoms with van der Waals surface area (Å²) < 4.78 is 21.3. The number of hydrogen-bond donors (Lipinski definition) is 0. The Kier molecular flexibility index (Phi) is 6.26. The number of nitrogens with zero attached hydrogens (tertiary/aromatic N) is 4. The van der Waals surface area contributed by atoms with Crippen LogP contribution in [0.3, 0.4) is 0 Å². The highest BCUT2D eigenvalue weighted by Gasteiger charge is 2.09. The van der Waals surface area contributed by atoms with E-state index in [0.717, 1.165) is 16.6 Å². The first kappa shape index (κ1) is 19.4. The number of hydrogen-bond acceptors (Lipinski definition) is 4. The average molecular weight is 382 g/mol. The number of fused-ring (bicyclic) bond motifs is 1. The van der Waals surface area contributed by atoms with Crippen LogP contribution in [-0.2, 0) is 11.4 Å². The first-order chi connectivity index (χ1) is 13.6.